The van der Waals surface area contributed by atoms with E-state index in [0.29, 0.717) is 25.3 Å². The molecule has 0 aliphatic carbocycles. The molecule has 124 valence electrons. The summed E-state index contributed by atoms with van der Waals surface area (Å²) in [4.78, 5) is 0.216. The molecule has 3 rings (SSSR count). The van der Waals surface area contributed by atoms with Crippen molar-refractivity contribution in [3.63, 3.8) is 0 Å². The van der Waals surface area contributed by atoms with Crippen molar-refractivity contribution in [3.05, 3.63) is 76.5 Å². The molecule has 0 aliphatic heterocycles. The van der Waals surface area contributed by atoms with Crippen LogP contribution in [0, 0.1) is 4.84 Å². The highest BCUT2D eigenvalue weighted by molar-refractivity contribution is 7.71. The van der Waals surface area contributed by atoms with Crippen molar-refractivity contribution in [2.45, 2.75) is 25.6 Å². The number of rotatable bonds is 7. The Hall–Kier alpha value is -2.44. The van der Waals surface area contributed by atoms with Crippen molar-refractivity contribution >= 4 is 12.2 Å². The molecule has 0 radical (unpaired) electrons. The van der Waals surface area contributed by atoms with E-state index in [9.17, 15) is 5.11 Å². The maximum Gasteiger partial charge on any atom is 0.284 e. The molecule has 1 aromatic heterocycles. The minimum absolute atomic E-state index is 0.216. The lowest BCUT2D eigenvalue weighted by atomic mass is 10.1. The van der Waals surface area contributed by atoms with Crippen LogP contribution in [0.15, 0.2) is 59.0 Å². The first-order chi connectivity index (χ1) is 11.7. The molecule has 0 saturated carbocycles. The lowest BCUT2D eigenvalue weighted by Crippen LogP contribution is -2.14. The third-order valence-corrected chi connectivity index (χ3v) is 3.69. The quantitative estimate of drug-likeness (QED) is 0.644. The van der Waals surface area contributed by atoms with Gasteiger partial charge in [-0.2, -0.15) is 0 Å². The molecule has 0 saturated heterocycles. The summed E-state index contributed by atoms with van der Waals surface area (Å²) in [5.41, 5.74) is 2.10. The second kappa shape index (κ2) is 7.90. The van der Waals surface area contributed by atoms with Gasteiger partial charge >= 0.3 is 0 Å². The number of H-pyrrole nitrogens is 1. The van der Waals surface area contributed by atoms with Gasteiger partial charge in [-0.05, 0) is 41.9 Å². The summed E-state index contributed by atoms with van der Waals surface area (Å²) in [5.74, 6) is 1.19. The van der Waals surface area contributed by atoms with E-state index in [4.69, 9.17) is 21.4 Å². The van der Waals surface area contributed by atoms with Gasteiger partial charge in [0.25, 0.3) is 4.84 Å². The number of ether oxygens (including phenoxy) is 1. The summed E-state index contributed by atoms with van der Waals surface area (Å²) in [7, 11) is 0. The molecule has 3 aromatic rings. The zero-order chi connectivity index (χ0) is 16.8. The van der Waals surface area contributed by atoms with E-state index in [2.05, 4.69) is 10.2 Å². The fraction of sp³-hybridized carbons (Fsp3) is 0.222. The van der Waals surface area contributed by atoms with Gasteiger partial charge in [0.15, 0.2) is 0 Å². The van der Waals surface area contributed by atoms with Crippen LogP contribution in [0.5, 0.6) is 5.75 Å². The molecule has 6 heteroatoms. The van der Waals surface area contributed by atoms with Gasteiger partial charge in [0, 0.05) is 0 Å². The van der Waals surface area contributed by atoms with Crippen molar-refractivity contribution < 1.29 is 14.3 Å². The van der Waals surface area contributed by atoms with E-state index >= 15 is 0 Å². The normalized spacial score (nSPS) is 12.0. The van der Waals surface area contributed by atoms with Crippen molar-refractivity contribution in [2.24, 2.45) is 0 Å². The summed E-state index contributed by atoms with van der Waals surface area (Å²) in [5, 5.41) is 16.6. The molecule has 0 amide bonds. The molecule has 0 fully saturated rings. The van der Waals surface area contributed by atoms with E-state index in [0.717, 1.165) is 16.9 Å². The number of benzene rings is 2. The van der Waals surface area contributed by atoms with Gasteiger partial charge in [0.05, 0.1) is 12.5 Å². The molecule has 1 heterocycles. The largest absolute Gasteiger partial charge is 0.489 e. The maximum absolute atomic E-state index is 10.2. The summed E-state index contributed by atoms with van der Waals surface area (Å²) < 4.78 is 11.0. The third kappa shape index (κ3) is 4.78. The molecular weight excluding hydrogens is 324 g/mol. The second-order valence-electron chi connectivity index (χ2n) is 5.49. The van der Waals surface area contributed by atoms with Crippen molar-refractivity contribution in [1.29, 1.82) is 0 Å². The number of aliphatic hydroxyl groups excluding tert-OH is 1. The molecule has 5 nitrogen and oxygen atoms in total. The Bertz CT molecular complexity index is 829. The monoisotopic (exact) mass is 342 g/mol. The Balaban J connectivity index is 1.57. The zero-order valence-corrected chi connectivity index (χ0v) is 13.8. The first-order valence-electron chi connectivity index (χ1n) is 7.67. The summed E-state index contributed by atoms with van der Waals surface area (Å²) in [6, 6.07) is 17.7. The van der Waals surface area contributed by atoms with Gasteiger partial charge in [-0.25, -0.2) is 5.10 Å². The Kier molecular flexibility index (Phi) is 5.40. The zero-order valence-electron chi connectivity index (χ0n) is 13.0. The maximum atomic E-state index is 10.2. The average molecular weight is 342 g/mol. The van der Waals surface area contributed by atoms with Crippen LogP contribution < -0.4 is 4.74 Å². The minimum atomic E-state index is -0.601. The fourth-order valence-electron chi connectivity index (χ4n) is 2.40. The lowest BCUT2D eigenvalue weighted by molar-refractivity contribution is 0.165. The number of hydrogen-bond donors (Lipinski definition) is 2. The van der Waals surface area contributed by atoms with Gasteiger partial charge in [-0.1, -0.05) is 42.5 Å². The SMILES string of the molecule is OC(Cc1cccc(OCc2ccccc2)c1)Cc1n[nH]c(=S)o1. The van der Waals surface area contributed by atoms with Crippen molar-refractivity contribution in [2.75, 3.05) is 0 Å². The average Bonchev–Trinajstić information content (AvgIpc) is 2.99. The molecule has 1 unspecified atom stereocenters. The minimum Gasteiger partial charge on any atom is -0.489 e. The molecule has 1 atom stereocenters. The predicted octanol–water partition coefficient (Wildman–Crippen LogP) is 3.46. The highest BCUT2D eigenvalue weighted by atomic mass is 32.1. The molecule has 2 N–H and O–H groups in total. The van der Waals surface area contributed by atoms with E-state index in [1.165, 1.54) is 0 Å². The Labute approximate surface area is 144 Å². The molecule has 0 aliphatic rings. The number of aromatic nitrogens is 2. The summed E-state index contributed by atoms with van der Waals surface area (Å²) in [6.07, 6.45) is 0.190. The number of aliphatic hydroxyl groups is 1. The Morgan fingerprint density at radius 2 is 1.88 bits per heavy atom. The number of nitrogens with one attached hydrogen (secondary N) is 1. The van der Waals surface area contributed by atoms with Crippen LogP contribution in [0.3, 0.4) is 0 Å². The van der Waals surface area contributed by atoms with E-state index in [1.807, 2.05) is 54.6 Å². The van der Waals surface area contributed by atoms with Gasteiger partial charge < -0.3 is 14.3 Å². The summed E-state index contributed by atoms with van der Waals surface area (Å²) >= 11 is 4.82. The van der Waals surface area contributed by atoms with Gasteiger partial charge in [-0.15, -0.1) is 5.10 Å². The van der Waals surface area contributed by atoms with E-state index in [-0.39, 0.29) is 4.84 Å². The number of nitrogens with zero attached hydrogens (tertiary/aromatic N) is 1. The highest BCUT2D eigenvalue weighted by Crippen LogP contribution is 2.17. The third-order valence-electron chi connectivity index (χ3n) is 3.51. The van der Waals surface area contributed by atoms with Crippen LogP contribution in [-0.2, 0) is 19.4 Å². The van der Waals surface area contributed by atoms with Crippen LogP contribution in [0.2, 0.25) is 0 Å². The molecular formula is C18H18N2O3S. The smallest absolute Gasteiger partial charge is 0.284 e. The van der Waals surface area contributed by atoms with Crippen molar-refractivity contribution in [3.8, 4) is 5.75 Å². The van der Waals surface area contributed by atoms with Crippen molar-refractivity contribution in [1.82, 2.24) is 10.2 Å². The molecule has 24 heavy (non-hydrogen) atoms. The van der Waals surface area contributed by atoms with Gasteiger partial charge in [-0.3, -0.25) is 0 Å². The Morgan fingerprint density at radius 3 is 2.62 bits per heavy atom. The predicted molar refractivity (Wildman–Crippen MR) is 92.3 cm³/mol. The van der Waals surface area contributed by atoms with Crippen LogP contribution >= 0.6 is 12.2 Å². The fourth-order valence-corrected chi connectivity index (χ4v) is 2.54. The topological polar surface area (TPSA) is 71.3 Å². The first-order valence-corrected chi connectivity index (χ1v) is 8.08. The molecule has 2 aromatic carbocycles. The second-order valence-corrected chi connectivity index (χ2v) is 5.86. The summed E-state index contributed by atoms with van der Waals surface area (Å²) in [6.45, 7) is 0.514. The van der Waals surface area contributed by atoms with Crippen LogP contribution in [0.4, 0.5) is 0 Å². The molecule has 0 spiro atoms. The van der Waals surface area contributed by atoms with Crippen LogP contribution in [0.1, 0.15) is 17.0 Å². The number of aromatic amines is 1. The number of hydrogen-bond acceptors (Lipinski definition) is 5. The lowest BCUT2D eigenvalue weighted by Gasteiger charge is -2.11. The first kappa shape index (κ1) is 16.4. The molecule has 0 bridgehead atoms. The van der Waals surface area contributed by atoms with Crippen LogP contribution in [-0.4, -0.2) is 21.4 Å². The van der Waals surface area contributed by atoms with E-state index in [1.54, 1.807) is 0 Å². The highest BCUT2D eigenvalue weighted by Gasteiger charge is 2.11. The van der Waals surface area contributed by atoms with Crippen LogP contribution in [0.25, 0.3) is 0 Å². The van der Waals surface area contributed by atoms with E-state index < -0.39 is 6.10 Å². The Morgan fingerprint density at radius 1 is 1.08 bits per heavy atom. The van der Waals surface area contributed by atoms with Gasteiger partial charge in [0.1, 0.15) is 12.4 Å². The van der Waals surface area contributed by atoms with Gasteiger partial charge in [0.2, 0.25) is 5.89 Å². The standard InChI is InChI=1S/C18H18N2O3S/c21-15(11-17-19-20-18(24)23-17)9-14-7-4-8-16(10-14)22-12-13-5-2-1-3-6-13/h1-8,10,15,21H,9,11-12H2,(H,20,24).